The van der Waals surface area contributed by atoms with Crippen LogP contribution < -0.4 is 4.90 Å². The number of benzene rings is 1. The molecule has 1 heterocycles. The number of amides is 1. The first-order valence-corrected chi connectivity index (χ1v) is 4.07. The van der Waals surface area contributed by atoms with E-state index in [-0.39, 0.29) is 5.91 Å². The fraction of sp³-hybridized carbons (Fsp3) is 0.300. The molecule has 1 aromatic carbocycles. The monoisotopic (exact) mass is 160 g/mol. The summed E-state index contributed by atoms with van der Waals surface area (Å²) in [6.07, 6.45) is 0.940. The molecule has 0 atom stereocenters. The fourth-order valence-electron chi connectivity index (χ4n) is 1.59. The average Bonchev–Trinajstić information content (AvgIpc) is 2.47. The quantitative estimate of drug-likeness (QED) is 0.561. The Morgan fingerprint density at radius 1 is 1.67 bits per heavy atom. The Balaban J connectivity index is 2.42. The molecule has 1 radical (unpaired) electrons. The maximum Gasteiger partial charge on any atom is 0.223 e. The van der Waals surface area contributed by atoms with Gasteiger partial charge >= 0.3 is 0 Å². The molecule has 0 N–H and O–H groups in total. The zero-order valence-corrected chi connectivity index (χ0v) is 7.00. The van der Waals surface area contributed by atoms with Gasteiger partial charge in [-0.2, -0.15) is 0 Å². The van der Waals surface area contributed by atoms with E-state index in [1.54, 1.807) is 11.8 Å². The maximum atomic E-state index is 11.1. The van der Waals surface area contributed by atoms with Crippen LogP contribution in [0.3, 0.4) is 0 Å². The summed E-state index contributed by atoms with van der Waals surface area (Å²) in [5.74, 6) is 0.119. The molecule has 0 fully saturated rings. The van der Waals surface area contributed by atoms with Gasteiger partial charge in [0.2, 0.25) is 5.91 Å². The molecule has 1 aliphatic rings. The number of nitrogens with zero attached hydrogens (tertiary/aromatic N) is 1. The molecule has 0 saturated heterocycles. The Labute approximate surface area is 71.8 Å². The highest BCUT2D eigenvalue weighted by Crippen LogP contribution is 2.26. The van der Waals surface area contributed by atoms with Crippen molar-refractivity contribution in [1.82, 2.24) is 0 Å². The highest BCUT2D eigenvalue weighted by atomic mass is 16.2. The third kappa shape index (κ3) is 0.998. The highest BCUT2D eigenvalue weighted by Gasteiger charge is 2.20. The number of fused-ring (bicyclic) bond motifs is 1. The van der Waals surface area contributed by atoms with E-state index in [1.807, 2.05) is 18.2 Å². The van der Waals surface area contributed by atoms with Gasteiger partial charge in [-0.1, -0.05) is 12.1 Å². The first kappa shape index (κ1) is 7.35. The standard InChI is InChI=1S/C10H10NO/c1-8(12)11-7-6-9-4-2-3-5-10(9)11/h2-3,5H,6-7H2,1H3. The van der Waals surface area contributed by atoms with Crippen molar-refractivity contribution in [3.8, 4) is 0 Å². The van der Waals surface area contributed by atoms with Crippen LogP contribution in [0.4, 0.5) is 5.69 Å². The Kier molecular flexibility index (Phi) is 1.61. The van der Waals surface area contributed by atoms with Gasteiger partial charge in [-0.05, 0) is 24.1 Å². The van der Waals surface area contributed by atoms with E-state index in [0.29, 0.717) is 0 Å². The normalized spacial score (nSPS) is 14.6. The summed E-state index contributed by atoms with van der Waals surface area (Å²) < 4.78 is 0. The number of rotatable bonds is 0. The second-order valence-corrected chi connectivity index (χ2v) is 2.95. The molecular weight excluding hydrogens is 150 g/mol. The lowest BCUT2D eigenvalue weighted by Gasteiger charge is -2.13. The minimum Gasteiger partial charge on any atom is -0.312 e. The summed E-state index contributed by atoms with van der Waals surface area (Å²) in [7, 11) is 0. The number of anilines is 1. The van der Waals surface area contributed by atoms with E-state index in [1.165, 1.54) is 0 Å². The molecule has 2 nitrogen and oxygen atoms in total. The van der Waals surface area contributed by atoms with E-state index in [2.05, 4.69) is 6.07 Å². The molecule has 12 heavy (non-hydrogen) atoms. The van der Waals surface area contributed by atoms with Crippen LogP contribution in [0.15, 0.2) is 18.2 Å². The lowest BCUT2D eigenvalue weighted by atomic mass is 10.2. The van der Waals surface area contributed by atoms with Crippen LogP contribution in [0.5, 0.6) is 0 Å². The molecular formula is C10H10NO. The van der Waals surface area contributed by atoms with Crippen LogP contribution >= 0.6 is 0 Å². The number of hydrogen-bond acceptors (Lipinski definition) is 1. The van der Waals surface area contributed by atoms with Crippen molar-refractivity contribution >= 4 is 11.6 Å². The van der Waals surface area contributed by atoms with Crippen molar-refractivity contribution in [1.29, 1.82) is 0 Å². The summed E-state index contributed by atoms with van der Waals surface area (Å²) in [5, 5.41) is 0. The van der Waals surface area contributed by atoms with E-state index in [0.717, 1.165) is 24.2 Å². The number of hydrogen-bond donors (Lipinski definition) is 0. The minimum atomic E-state index is 0.119. The first-order chi connectivity index (χ1) is 5.79. The van der Waals surface area contributed by atoms with Crippen molar-refractivity contribution in [3.05, 3.63) is 29.8 Å². The predicted molar refractivity (Wildman–Crippen MR) is 47.0 cm³/mol. The molecule has 1 aromatic rings. The lowest BCUT2D eigenvalue weighted by molar-refractivity contribution is -0.116. The van der Waals surface area contributed by atoms with Crippen LogP contribution in [0.1, 0.15) is 12.5 Å². The third-order valence-electron chi connectivity index (χ3n) is 2.17. The molecule has 0 spiro atoms. The average molecular weight is 160 g/mol. The van der Waals surface area contributed by atoms with Gasteiger partial charge < -0.3 is 4.90 Å². The molecule has 61 valence electrons. The third-order valence-corrected chi connectivity index (χ3v) is 2.17. The Bertz CT molecular complexity index is 319. The highest BCUT2D eigenvalue weighted by molar-refractivity contribution is 5.93. The van der Waals surface area contributed by atoms with Crippen LogP contribution in [-0.2, 0) is 11.2 Å². The van der Waals surface area contributed by atoms with Crippen molar-refractivity contribution in [2.45, 2.75) is 13.3 Å². The summed E-state index contributed by atoms with van der Waals surface area (Å²) in [5.41, 5.74) is 2.19. The van der Waals surface area contributed by atoms with Gasteiger partial charge in [-0.15, -0.1) is 0 Å². The fourth-order valence-corrected chi connectivity index (χ4v) is 1.59. The summed E-state index contributed by atoms with van der Waals surface area (Å²) in [4.78, 5) is 12.9. The van der Waals surface area contributed by atoms with E-state index in [4.69, 9.17) is 0 Å². The van der Waals surface area contributed by atoms with Crippen LogP contribution in [0.25, 0.3) is 0 Å². The molecule has 2 heteroatoms. The summed E-state index contributed by atoms with van der Waals surface area (Å²) >= 11 is 0. The summed E-state index contributed by atoms with van der Waals surface area (Å²) in [6, 6.07) is 8.92. The van der Waals surface area contributed by atoms with Crippen LogP contribution in [0, 0.1) is 6.07 Å². The topological polar surface area (TPSA) is 20.3 Å². The van der Waals surface area contributed by atoms with Gasteiger partial charge in [-0.25, -0.2) is 0 Å². The van der Waals surface area contributed by atoms with Gasteiger partial charge in [0.1, 0.15) is 0 Å². The Hall–Kier alpha value is -1.31. The molecule has 0 aliphatic carbocycles. The number of carbonyl (C=O) groups excluding carboxylic acids is 1. The second-order valence-electron chi connectivity index (χ2n) is 2.95. The summed E-state index contributed by atoms with van der Waals surface area (Å²) in [6.45, 7) is 2.41. The lowest BCUT2D eigenvalue weighted by Crippen LogP contribution is -2.25. The van der Waals surface area contributed by atoms with Crippen LogP contribution in [-0.4, -0.2) is 12.5 Å². The molecule has 2 rings (SSSR count). The Morgan fingerprint density at radius 2 is 2.50 bits per heavy atom. The molecule has 0 unspecified atom stereocenters. The van der Waals surface area contributed by atoms with Gasteiger partial charge in [0, 0.05) is 19.2 Å². The van der Waals surface area contributed by atoms with Crippen molar-refractivity contribution in [2.24, 2.45) is 0 Å². The smallest absolute Gasteiger partial charge is 0.223 e. The predicted octanol–water partition coefficient (Wildman–Crippen LogP) is 1.40. The van der Waals surface area contributed by atoms with E-state index >= 15 is 0 Å². The van der Waals surface area contributed by atoms with Gasteiger partial charge in [0.05, 0.1) is 0 Å². The maximum absolute atomic E-state index is 11.1. The first-order valence-electron chi connectivity index (χ1n) is 4.07. The largest absolute Gasteiger partial charge is 0.312 e. The van der Waals surface area contributed by atoms with Gasteiger partial charge in [0.15, 0.2) is 0 Å². The second kappa shape index (κ2) is 2.63. The van der Waals surface area contributed by atoms with E-state index in [9.17, 15) is 4.79 Å². The molecule has 0 bridgehead atoms. The van der Waals surface area contributed by atoms with Gasteiger partial charge in [0.25, 0.3) is 0 Å². The van der Waals surface area contributed by atoms with Crippen LogP contribution in [0.2, 0.25) is 0 Å². The molecule has 1 aliphatic heterocycles. The minimum absolute atomic E-state index is 0.119. The Morgan fingerprint density at radius 3 is 3.25 bits per heavy atom. The van der Waals surface area contributed by atoms with Crippen molar-refractivity contribution in [2.75, 3.05) is 11.4 Å². The van der Waals surface area contributed by atoms with Gasteiger partial charge in [-0.3, -0.25) is 4.79 Å². The molecule has 0 saturated carbocycles. The van der Waals surface area contributed by atoms with E-state index < -0.39 is 0 Å². The number of carbonyl (C=O) groups is 1. The molecule has 0 aromatic heterocycles. The van der Waals surface area contributed by atoms with Crippen molar-refractivity contribution < 1.29 is 4.79 Å². The zero-order valence-electron chi connectivity index (χ0n) is 7.00. The SMILES string of the molecule is CC(=O)N1CCc2[c]cccc21. The zero-order chi connectivity index (χ0) is 8.55. The molecule has 1 amide bonds. The van der Waals surface area contributed by atoms with Crippen molar-refractivity contribution in [3.63, 3.8) is 0 Å².